The molecule has 0 saturated carbocycles. The van der Waals surface area contributed by atoms with Crippen molar-refractivity contribution in [2.75, 3.05) is 7.05 Å². The number of nitrogens with two attached hydrogens (primary N) is 1. The number of nitrogens with zero attached hydrogens (tertiary/aromatic N) is 2. The van der Waals surface area contributed by atoms with Crippen LogP contribution in [0, 0.1) is 0 Å². The Hall–Kier alpha value is -1.88. The van der Waals surface area contributed by atoms with Crippen molar-refractivity contribution in [3.63, 3.8) is 0 Å². The summed E-state index contributed by atoms with van der Waals surface area (Å²) in [7, 11) is 1.65. The van der Waals surface area contributed by atoms with Gasteiger partial charge < -0.3 is 15.6 Å². The first-order valence-corrected chi connectivity index (χ1v) is 6.09. The Balaban J connectivity index is 2.15. The zero-order chi connectivity index (χ0) is 13.0. The molecule has 0 fully saturated rings. The lowest BCUT2D eigenvalue weighted by Crippen LogP contribution is -2.17. The summed E-state index contributed by atoms with van der Waals surface area (Å²) in [5, 5.41) is 3.72. The molecule has 0 aliphatic heterocycles. The lowest BCUT2D eigenvalue weighted by atomic mass is 10.2. The molecular formula is C13H18N4O. The Kier molecular flexibility index (Phi) is 3.94. The Bertz CT molecular complexity index is 547. The third-order valence-corrected chi connectivity index (χ3v) is 3.02. The SMILES string of the molecule is CNC(=O)CCCn1cc(CN)c2cccnc21. The lowest BCUT2D eigenvalue weighted by molar-refractivity contribution is -0.120. The van der Waals surface area contributed by atoms with Crippen LogP contribution in [0.3, 0.4) is 0 Å². The van der Waals surface area contributed by atoms with E-state index in [-0.39, 0.29) is 5.91 Å². The van der Waals surface area contributed by atoms with Crippen molar-refractivity contribution in [3.8, 4) is 0 Å². The smallest absolute Gasteiger partial charge is 0.219 e. The van der Waals surface area contributed by atoms with E-state index in [0.717, 1.165) is 29.6 Å². The van der Waals surface area contributed by atoms with Crippen LogP contribution < -0.4 is 11.1 Å². The largest absolute Gasteiger partial charge is 0.359 e. The van der Waals surface area contributed by atoms with E-state index in [2.05, 4.69) is 14.9 Å². The third kappa shape index (κ3) is 2.51. The zero-order valence-corrected chi connectivity index (χ0v) is 10.5. The minimum atomic E-state index is 0.0680. The van der Waals surface area contributed by atoms with Gasteiger partial charge in [-0.3, -0.25) is 4.79 Å². The number of nitrogens with one attached hydrogen (secondary N) is 1. The molecule has 96 valence electrons. The summed E-state index contributed by atoms with van der Waals surface area (Å²) in [6, 6.07) is 3.94. The highest BCUT2D eigenvalue weighted by molar-refractivity contribution is 5.80. The number of fused-ring (bicyclic) bond motifs is 1. The van der Waals surface area contributed by atoms with E-state index in [4.69, 9.17) is 5.73 Å². The summed E-state index contributed by atoms with van der Waals surface area (Å²) < 4.78 is 2.07. The van der Waals surface area contributed by atoms with Gasteiger partial charge in [0, 0.05) is 44.3 Å². The van der Waals surface area contributed by atoms with Crippen molar-refractivity contribution >= 4 is 16.9 Å². The molecule has 2 rings (SSSR count). The number of hydrogen-bond acceptors (Lipinski definition) is 3. The normalized spacial score (nSPS) is 10.8. The number of carbonyl (C=O) groups is 1. The van der Waals surface area contributed by atoms with Gasteiger partial charge in [0.05, 0.1) is 0 Å². The minimum Gasteiger partial charge on any atom is -0.359 e. The van der Waals surface area contributed by atoms with Crippen LogP contribution in [0.15, 0.2) is 24.5 Å². The summed E-state index contributed by atoms with van der Waals surface area (Å²) in [6.45, 7) is 1.28. The molecule has 0 atom stereocenters. The number of pyridine rings is 1. The Morgan fingerprint density at radius 1 is 1.56 bits per heavy atom. The fraction of sp³-hybridized carbons (Fsp3) is 0.385. The van der Waals surface area contributed by atoms with Gasteiger partial charge in [0.15, 0.2) is 0 Å². The number of rotatable bonds is 5. The van der Waals surface area contributed by atoms with Crippen molar-refractivity contribution in [1.29, 1.82) is 0 Å². The maximum absolute atomic E-state index is 11.2. The van der Waals surface area contributed by atoms with Crippen molar-refractivity contribution < 1.29 is 4.79 Å². The molecule has 0 aliphatic carbocycles. The average molecular weight is 246 g/mol. The lowest BCUT2D eigenvalue weighted by Gasteiger charge is -2.03. The Morgan fingerprint density at radius 2 is 2.39 bits per heavy atom. The van der Waals surface area contributed by atoms with E-state index in [9.17, 15) is 4.79 Å². The van der Waals surface area contributed by atoms with E-state index < -0.39 is 0 Å². The summed E-state index contributed by atoms with van der Waals surface area (Å²) >= 11 is 0. The number of hydrogen-bond donors (Lipinski definition) is 2. The van der Waals surface area contributed by atoms with Crippen LogP contribution in [0.25, 0.3) is 11.0 Å². The molecule has 0 aromatic carbocycles. The zero-order valence-electron chi connectivity index (χ0n) is 10.5. The molecular weight excluding hydrogens is 228 g/mol. The highest BCUT2D eigenvalue weighted by atomic mass is 16.1. The maximum Gasteiger partial charge on any atom is 0.219 e. The van der Waals surface area contributed by atoms with E-state index in [1.54, 1.807) is 13.2 Å². The molecule has 18 heavy (non-hydrogen) atoms. The van der Waals surface area contributed by atoms with Crippen LogP contribution in [0.2, 0.25) is 0 Å². The summed E-state index contributed by atoms with van der Waals surface area (Å²) in [5.74, 6) is 0.0680. The topological polar surface area (TPSA) is 72.9 Å². The second-order valence-corrected chi connectivity index (χ2v) is 4.20. The van der Waals surface area contributed by atoms with E-state index in [0.29, 0.717) is 13.0 Å². The van der Waals surface area contributed by atoms with Crippen LogP contribution in [-0.2, 0) is 17.9 Å². The van der Waals surface area contributed by atoms with Crippen LogP contribution >= 0.6 is 0 Å². The quantitative estimate of drug-likeness (QED) is 0.827. The molecule has 0 radical (unpaired) electrons. The first-order valence-electron chi connectivity index (χ1n) is 6.09. The summed E-state index contributed by atoms with van der Waals surface area (Å²) in [6.07, 6.45) is 5.13. The van der Waals surface area contributed by atoms with Gasteiger partial charge in [-0.15, -0.1) is 0 Å². The van der Waals surface area contributed by atoms with Crippen molar-refractivity contribution in [2.24, 2.45) is 5.73 Å². The molecule has 0 bridgehead atoms. The van der Waals surface area contributed by atoms with Gasteiger partial charge in [-0.25, -0.2) is 4.98 Å². The molecule has 5 heteroatoms. The van der Waals surface area contributed by atoms with Crippen LogP contribution in [-0.4, -0.2) is 22.5 Å². The van der Waals surface area contributed by atoms with Crippen LogP contribution in [0.4, 0.5) is 0 Å². The molecule has 2 aromatic heterocycles. The fourth-order valence-electron chi connectivity index (χ4n) is 2.06. The minimum absolute atomic E-state index is 0.0680. The predicted octanol–water partition coefficient (Wildman–Crippen LogP) is 1.02. The number of aromatic nitrogens is 2. The Labute approximate surface area is 106 Å². The van der Waals surface area contributed by atoms with Crippen molar-refractivity contribution in [2.45, 2.75) is 25.9 Å². The standard InChI is InChI=1S/C13H18N4O/c1-15-12(18)5-3-7-17-9-10(8-14)11-4-2-6-16-13(11)17/h2,4,6,9H,3,5,7-8,14H2,1H3,(H,15,18). The first kappa shape index (κ1) is 12.6. The highest BCUT2D eigenvalue weighted by Gasteiger charge is 2.08. The van der Waals surface area contributed by atoms with Crippen molar-refractivity contribution in [1.82, 2.24) is 14.9 Å². The van der Waals surface area contributed by atoms with E-state index >= 15 is 0 Å². The number of aryl methyl sites for hydroxylation is 1. The molecule has 3 N–H and O–H groups in total. The molecule has 2 heterocycles. The molecule has 0 spiro atoms. The van der Waals surface area contributed by atoms with Crippen LogP contribution in [0.1, 0.15) is 18.4 Å². The monoisotopic (exact) mass is 246 g/mol. The van der Waals surface area contributed by atoms with Crippen molar-refractivity contribution in [3.05, 3.63) is 30.1 Å². The fourth-order valence-corrected chi connectivity index (χ4v) is 2.06. The molecule has 0 saturated heterocycles. The van der Waals surface area contributed by atoms with Gasteiger partial charge >= 0.3 is 0 Å². The van der Waals surface area contributed by atoms with E-state index in [1.807, 2.05) is 18.3 Å². The van der Waals surface area contributed by atoms with E-state index in [1.165, 1.54) is 0 Å². The predicted molar refractivity (Wildman–Crippen MR) is 70.9 cm³/mol. The third-order valence-electron chi connectivity index (χ3n) is 3.02. The number of amides is 1. The number of carbonyl (C=O) groups excluding carboxylic acids is 1. The second kappa shape index (κ2) is 5.64. The van der Waals surface area contributed by atoms with Crippen LogP contribution in [0.5, 0.6) is 0 Å². The van der Waals surface area contributed by atoms with Gasteiger partial charge in [0.1, 0.15) is 5.65 Å². The summed E-state index contributed by atoms with van der Waals surface area (Å²) in [5.41, 5.74) is 7.76. The average Bonchev–Trinajstić information content (AvgIpc) is 2.77. The second-order valence-electron chi connectivity index (χ2n) is 4.20. The highest BCUT2D eigenvalue weighted by Crippen LogP contribution is 2.19. The Morgan fingerprint density at radius 3 is 3.11 bits per heavy atom. The van der Waals surface area contributed by atoms with Gasteiger partial charge in [-0.2, -0.15) is 0 Å². The van der Waals surface area contributed by atoms with Gasteiger partial charge in [-0.1, -0.05) is 0 Å². The maximum atomic E-state index is 11.2. The molecule has 2 aromatic rings. The summed E-state index contributed by atoms with van der Waals surface area (Å²) in [4.78, 5) is 15.5. The van der Waals surface area contributed by atoms with Gasteiger partial charge in [-0.05, 0) is 24.1 Å². The molecule has 0 aliphatic rings. The molecule has 1 amide bonds. The first-order chi connectivity index (χ1) is 8.76. The van der Waals surface area contributed by atoms with Gasteiger partial charge in [0.25, 0.3) is 0 Å². The molecule has 0 unspecified atom stereocenters. The molecule has 5 nitrogen and oxygen atoms in total. The van der Waals surface area contributed by atoms with Gasteiger partial charge in [0.2, 0.25) is 5.91 Å².